The second-order valence-electron chi connectivity index (χ2n) is 5.40. The molecule has 24 heavy (non-hydrogen) atoms. The first-order valence-corrected chi connectivity index (χ1v) is 7.48. The molecule has 122 valence electrons. The molecule has 0 aliphatic rings. The Morgan fingerprint density at radius 2 is 2.08 bits per heavy atom. The van der Waals surface area contributed by atoms with Gasteiger partial charge >= 0.3 is 0 Å². The second-order valence-corrected chi connectivity index (χ2v) is 5.40. The van der Waals surface area contributed by atoms with Gasteiger partial charge in [0.1, 0.15) is 18.3 Å². The van der Waals surface area contributed by atoms with Crippen LogP contribution < -0.4 is 10.9 Å². The minimum atomic E-state index is -0.299. The summed E-state index contributed by atoms with van der Waals surface area (Å²) < 4.78 is 2.88. The third kappa shape index (κ3) is 2.96. The maximum Gasteiger partial charge on any atom is 0.264 e. The summed E-state index contributed by atoms with van der Waals surface area (Å²) in [5.41, 5.74) is 2.12. The summed E-state index contributed by atoms with van der Waals surface area (Å²) >= 11 is 0. The molecule has 1 aromatic carbocycles. The quantitative estimate of drug-likeness (QED) is 0.715. The van der Waals surface area contributed by atoms with Crippen LogP contribution in [0.15, 0.2) is 54.2 Å². The van der Waals surface area contributed by atoms with Crippen molar-refractivity contribution in [3.05, 3.63) is 65.4 Å². The summed E-state index contributed by atoms with van der Waals surface area (Å²) in [5.74, 6) is -0.274. The zero-order valence-electron chi connectivity index (χ0n) is 13.3. The molecule has 0 saturated heterocycles. The van der Waals surface area contributed by atoms with Gasteiger partial charge in [-0.25, -0.2) is 9.67 Å². The molecule has 0 aliphatic carbocycles. The molecule has 3 aromatic rings. The highest BCUT2D eigenvalue weighted by Gasteiger charge is 2.12. The van der Waals surface area contributed by atoms with Gasteiger partial charge < -0.3 is 5.32 Å². The van der Waals surface area contributed by atoms with Gasteiger partial charge in [-0.1, -0.05) is 23.8 Å². The Hall–Kier alpha value is -3.22. The standard InChI is InChI=1S/C17H17N5O2/c1-3-8-18-15(23)10-21-11-19-16-14(17(21)24)9-20-22(16)13-6-4-12(2)5-7-13/h3-7,9,11H,1,8,10H2,2H3,(H,18,23). The van der Waals surface area contributed by atoms with E-state index in [2.05, 4.69) is 22.0 Å². The van der Waals surface area contributed by atoms with E-state index in [4.69, 9.17) is 0 Å². The number of hydrogen-bond donors (Lipinski definition) is 1. The lowest BCUT2D eigenvalue weighted by Gasteiger charge is -2.06. The monoisotopic (exact) mass is 323 g/mol. The van der Waals surface area contributed by atoms with Crippen LogP contribution >= 0.6 is 0 Å². The summed E-state index contributed by atoms with van der Waals surface area (Å²) in [7, 11) is 0. The first-order chi connectivity index (χ1) is 11.6. The van der Waals surface area contributed by atoms with E-state index in [9.17, 15) is 9.59 Å². The number of hydrogen-bond acceptors (Lipinski definition) is 4. The van der Waals surface area contributed by atoms with Crippen LogP contribution in [-0.2, 0) is 11.3 Å². The molecule has 1 amide bonds. The minimum absolute atomic E-state index is 0.0919. The molecule has 0 spiro atoms. The number of fused-ring (bicyclic) bond motifs is 1. The van der Waals surface area contributed by atoms with Crippen LogP contribution in [0.1, 0.15) is 5.56 Å². The van der Waals surface area contributed by atoms with Gasteiger partial charge in [-0.15, -0.1) is 6.58 Å². The van der Waals surface area contributed by atoms with E-state index in [-0.39, 0.29) is 18.0 Å². The summed E-state index contributed by atoms with van der Waals surface area (Å²) in [6, 6.07) is 7.76. The Bertz CT molecular complexity index is 953. The van der Waals surface area contributed by atoms with Gasteiger partial charge in [0.15, 0.2) is 5.65 Å². The van der Waals surface area contributed by atoms with Crippen LogP contribution in [0, 0.1) is 6.92 Å². The molecule has 0 radical (unpaired) electrons. The van der Waals surface area contributed by atoms with Crippen molar-refractivity contribution in [2.45, 2.75) is 13.5 Å². The number of rotatable bonds is 5. The highest BCUT2D eigenvalue weighted by atomic mass is 16.2. The fraction of sp³-hybridized carbons (Fsp3) is 0.176. The molecule has 7 heteroatoms. The van der Waals surface area contributed by atoms with Gasteiger partial charge in [0.05, 0.1) is 11.9 Å². The molecule has 0 bridgehead atoms. The van der Waals surface area contributed by atoms with E-state index in [1.54, 1.807) is 10.8 Å². The molecule has 2 heterocycles. The van der Waals surface area contributed by atoms with Crippen molar-refractivity contribution in [3.8, 4) is 5.69 Å². The highest BCUT2D eigenvalue weighted by Crippen LogP contribution is 2.14. The van der Waals surface area contributed by atoms with Crippen molar-refractivity contribution in [2.75, 3.05) is 6.54 Å². The zero-order chi connectivity index (χ0) is 17.1. The highest BCUT2D eigenvalue weighted by molar-refractivity contribution is 5.77. The van der Waals surface area contributed by atoms with Gasteiger partial charge in [-0.3, -0.25) is 14.2 Å². The summed E-state index contributed by atoms with van der Waals surface area (Å²) in [6.07, 6.45) is 4.42. The van der Waals surface area contributed by atoms with Crippen LogP contribution in [0.3, 0.4) is 0 Å². The van der Waals surface area contributed by atoms with Gasteiger partial charge in [0.25, 0.3) is 5.56 Å². The lowest BCUT2D eigenvalue weighted by molar-refractivity contribution is -0.121. The van der Waals surface area contributed by atoms with Crippen molar-refractivity contribution in [2.24, 2.45) is 0 Å². The van der Waals surface area contributed by atoms with Crippen LogP contribution in [0.25, 0.3) is 16.7 Å². The van der Waals surface area contributed by atoms with Gasteiger partial charge in [0, 0.05) is 6.54 Å². The van der Waals surface area contributed by atoms with E-state index in [0.29, 0.717) is 17.6 Å². The first-order valence-electron chi connectivity index (χ1n) is 7.48. The molecular formula is C17H17N5O2. The molecule has 1 N–H and O–H groups in total. The Kier molecular flexibility index (Phi) is 4.24. The first kappa shape index (κ1) is 15.7. The molecular weight excluding hydrogens is 306 g/mol. The number of carbonyl (C=O) groups is 1. The molecule has 3 rings (SSSR count). The molecule has 0 fully saturated rings. The fourth-order valence-corrected chi connectivity index (χ4v) is 2.33. The number of benzene rings is 1. The van der Waals surface area contributed by atoms with Crippen molar-refractivity contribution in [3.63, 3.8) is 0 Å². The number of aryl methyl sites for hydroxylation is 1. The molecule has 0 aliphatic heterocycles. The Labute approximate surface area is 138 Å². The number of nitrogens with zero attached hydrogens (tertiary/aromatic N) is 4. The minimum Gasteiger partial charge on any atom is -0.351 e. The summed E-state index contributed by atoms with van der Waals surface area (Å²) in [6.45, 7) is 5.79. The average Bonchev–Trinajstić information content (AvgIpc) is 3.01. The largest absolute Gasteiger partial charge is 0.351 e. The van der Waals surface area contributed by atoms with Gasteiger partial charge in [-0.2, -0.15) is 5.10 Å². The van der Waals surface area contributed by atoms with Crippen molar-refractivity contribution in [1.82, 2.24) is 24.6 Å². The smallest absolute Gasteiger partial charge is 0.264 e. The van der Waals surface area contributed by atoms with Crippen LogP contribution in [0.4, 0.5) is 0 Å². The average molecular weight is 323 g/mol. The van der Waals surface area contributed by atoms with E-state index < -0.39 is 0 Å². The summed E-state index contributed by atoms with van der Waals surface area (Å²) in [5, 5.41) is 7.25. The zero-order valence-corrected chi connectivity index (χ0v) is 13.3. The van der Waals surface area contributed by atoms with E-state index in [1.165, 1.54) is 17.1 Å². The normalized spacial score (nSPS) is 10.7. The second kappa shape index (κ2) is 6.49. The Morgan fingerprint density at radius 1 is 1.33 bits per heavy atom. The topological polar surface area (TPSA) is 81.8 Å². The van der Waals surface area contributed by atoms with Crippen LogP contribution in [0.5, 0.6) is 0 Å². The molecule has 0 atom stereocenters. The third-order valence-corrected chi connectivity index (χ3v) is 3.59. The van der Waals surface area contributed by atoms with Crippen molar-refractivity contribution >= 4 is 16.9 Å². The van der Waals surface area contributed by atoms with Gasteiger partial charge in [-0.05, 0) is 19.1 Å². The molecule has 0 saturated carbocycles. The predicted octanol–water partition coefficient (Wildman–Crippen LogP) is 1.19. The van der Waals surface area contributed by atoms with Gasteiger partial charge in [0.2, 0.25) is 5.91 Å². The Balaban J connectivity index is 1.96. The lowest BCUT2D eigenvalue weighted by Crippen LogP contribution is -2.32. The molecule has 0 unspecified atom stereocenters. The van der Waals surface area contributed by atoms with Crippen LogP contribution in [0.2, 0.25) is 0 Å². The maximum atomic E-state index is 12.5. The SMILES string of the molecule is C=CCNC(=O)Cn1cnc2c(cnn2-c2ccc(C)cc2)c1=O. The fourth-order valence-electron chi connectivity index (χ4n) is 2.33. The van der Waals surface area contributed by atoms with E-state index in [0.717, 1.165) is 11.3 Å². The third-order valence-electron chi connectivity index (χ3n) is 3.59. The summed E-state index contributed by atoms with van der Waals surface area (Å²) in [4.78, 5) is 28.6. The molecule has 7 nitrogen and oxygen atoms in total. The Morgan fingerprint density at radius 3 is 2.79 bits per heavy atom. The number of amides is 1. The van der Waals surface area contributed by atoms with E-state index in [1.807, 2.05) is 31.2 Å². The number of carbonyl (C=O) groups excluding carboxylic acids is 1. The lowest BCUT2D eigenvalue weighted by atomic mass is 10.2. The van der Waals surface area contributed by atoms with E-state index >= 15 is 0 Å². The maximum absolute atomic E-state index is 12.5. The number of nitrogens with one attached hydrogen (secondary N) is 1. The predicted molar refractivity (Wildman–Crippen MR) is 91.1 cm³/mol. The van der Waals surface area contributed by atoms with Crippen LogP contribution in [-0.4, -0.2) is 31.8 Å². The molecule has 2 aromatic heterocycles. The van der Waals surface area contributed by atoms with Crippen molar-refractivity contribution in [1.29, 1.82) is 0 Å². The van der Waals surface area contributed by atoms with Crippen molar-refractivity contribution < 1.29 is 4.79 Å². The number of aromatic nitrogens is 4.